The highest BCUT2D eigenvalue weighted by atomic mass is 32.2. The lowest BCUT2D eigenvalue weighted by Gasteiger charge is -2.38. The average Bonchev–Trinajstić information content (AvgIpc) is 3.02. The van der Waals surface area contributed by atoms with E-state index in [0.29, 0.717) is 11.5 Å². The fourth-order valence-corrected chi connectivity index (χ4v) is 7.27. The van der Waals surface area contributed by atoms with Gasteiger partial charge in [0.2, 0.25) is 0 Å². The Balaban J connectivity index is 2.40. The third-order valence-electron chi connectivity index (χ3n) is 7.61. The monoisotopic (exact) mass is 496 g/mol. The van der Waals surface area contributed by atoms with Gasteiger partial charge in [-0.05, 0) is 57.0 Å². The summed E-state index contributed by atoms with van der Waals surface area (Å²) >= 11 is 0. The van der Waals surface area contributed by atoms with Crippen LogP contribution in [0.5, 0.6) is 0 Å². The van der Waals surface area contributed by atoms with Crippen LogP contribution in [-0.2, 0) is 23.7 Å². The Morgan fingerprint density at radius 1 is 1.12 bits per heavy atom. The molecule has 1 fully saturated rings. The minimum Gasteiger partial charge on any atom is -0.413 e. The smallest absolute Gasteiger partial charge is 0.192 e. The van der Waals surface area contributed by atoms with Gasteiger partial charge in [0, 0.05) is 18.4 Å². The van der Waals surface area contributed by atoms with Gasteiger partial charge in [-0.1, -0.05) is 57.5 Å². The topological polar surface area (TPSA) is 61.8 Å². The Morgan fingerprint density at radius 3 is 2.27 bits per heavy atom. The van der Waals surface area contributed by atoms with Gasteiger partial charge in [-0.2, -0.15) is 0 Å². The second-order valence-electron chi connectivity index (χ2n) is 11.6. The van der Waals surface area contributed by atoms with E-state index >= 15 is 0 Å². The molecule has 33 heavy (non-hydrogen) atoms. The molecule has 0 radical (unpaired) electrons. The molecular formula is C26H44O5SSi. The number of rotatable bonds is 10. The summed E-state index contributed by atoms with van der Waals surface area (Å²) in [4.78, 5) is 0.376. The van der Waals surface area contributed by atoms with Gasteiger partial charge in [0.25, 0.3) is 0 Å². The Kier molecular flexibility index (Phi) is 8.84. The lowest BCUT2D eigenvalue weighted by atomic mass is 9.78. The average molecular weight is 497 g/mol. The van der Waals surface area contributed by atoms with E-state index in [9.17, 15) is 8.42 Å². The summed E-state index contributed by atoms with van der Waals surface area (Å²) in [6.07, 6.45) is 3.80. The minimum atomic E-state index is -3.44. The van der Waals surface area contributed by atoms with Crippen LogP contribution in [0.1, 0.15) is 54.4 Å². The maximum Gasteiger partial charge on any atom is 0.192 e. The highest BCUT2D eigenvalue weighted by molar-refractivity contribution is 7.91. The molecule has 7 heteroatoms. The predicted octanol–water partition coefficient (Wildman–Crippen LogP) is 6.22. The van der Waals surface area contributed by atoms with Crippen molar-refractivity contribution in [3.05, 3.63) is 42.0 Å². The maximum absolute atomic E-state index is 13.3. The van der Waals surface area contributed by atoms with Crippen LogP contribution in [0, 0.1) is 11.3 Å². The maximum atomic E-state index is 13.3. The van der Waals surface area contributed by atoms with E-state index in [1.54, 1.807) is 31.4 Å². The molecule has 5 nitrogen and oxygen atoms in total. The summed E-state index contributed by atoms with van der Waals surface area (Å²) in [5, 5.41) is 0.112. The zero-order valence-corrected chi connectivity index (χ0v) is 23.8. The number of methoxy groups -OCH3 is 1. The Bertz CT molecular complexity index is 916. The van der Waals surface area contributed by atoms with E-state index in [4.69, 9.17) is 13.9 Å². The summed E-state index contributed by atoms with van der Waals surface area (Å²) < 4.78 is 44.3. The van der Waals surface area contributed by atoms with E-state index in [1.165, 1.54) is 0 Å². The van der Waals surface area contributed by atoms with Crippen molar-refractivity contribution in [1.29, 1.82) is 0 Å². The molecule has 0 bridgehead atoms. The van der Waals surface area contributed by atoms with E-state index in [1.807, 2.05) is 6.07 Å². The summed E-state index contributed by atoms with van der Waals surface area (Å²) in [5.74, 6) is 0.166. The van der Waals surface area contributed by atoms with E-state index in [2.05, 4.69) is 60.7 Å². The fourth-order valence-electron chi connectivity index (χ4n) is 4.45. The first-order valence-electron chi connectivity index (χ1n) is 11.8. The summed E-state index contributed by atoms with van der Waals surface area (Å²) in [7, 11) is -3.75. The van der Waals surface area contributed by atoms with Crippen LogP contribution in [0.4, 0.5) is 0 Å². The SMILES string of the molecule is COCOC(C)(C)[C@@H]1CC[C@@](C)(CS(=O)(=O)c2ccccc2)/C1=C\CO[Si](C)(C)C(C)(C)C. The van der Waals surface area contributed by atoms with Gasteiger partial charge in [-0.3, -0.25) is 0 Å². The second kappa shape index (κ2) is 10.3. The molecular weight excluding hydrogens is 452 g/mol. The molecule has 1 aliphatic rings. The molecule has 1 aliphatic carbocycles. The van der Waals surface area contributed by atoms with E-state index in [-0.39, 0.29) is 23.5 Å². The standard InChI is InChI=1S/C26H44O5SSi/c1-24(2,3)33(8,9)31-18-16-23-22(25(4,5)30-20-29-7)15-17-26(23,6)19-32(27,28)21-13-11-10-12-14-21/h10-14,16,22H,15,17-20H2,1-9H3/b23-16-/t22-,26+/m1/s1. The Labute approximate surface area is 203 Å². The van der Waals surface area contributed by atoms with Crippen molar-refractivity contribution < 1.29 is 22.3 Å². The van der Waals surface area contributed by atoms with Gasteiger partial charge < -0.3 is 13.9 Å². The summed E-state index contributed by atoms with van der Waals surface area (Å²) in [6.45, 7) is 18.1. The van der Waals surface area contributed by atoms with Crippen molar-refractivity contribution in [2.75, 3.05) is 26.3 Å². The highest BCUT2D eigenvalue weighted by Gasteiger charge is 2.49. The summed E-state index contributed by atoms with van der Waals surface area (Å²) in [6, 6.07) is 8.75. The van der Waals surface area contributed by atoms with Crippen LogP contribution < -0.4 is 0 Å². The van der Waals surface area contributed by atoms with Crippen LogP contribution in [-0.4, -0.2) is 48.6 Å². The third kappa shape index (κ3) is 6.79. The first-order valence-corrected chi connectivity index (χ1v) is 16.4. The van der Waals surface area contributed by atoms with E-state index in [0.717, 1.165) is 18.4 Å². The molecule has 2 rings (SSSR count). The predicted molar refractivity (Wildman–Crippen MR) is 138 cm³/mol. The number of hydrogen-bond donors (Lipinski definition) is 0. The molecule has 0 aromatic heterocycles. The largest absolute Gasteiger partial charge is 0.413 e. The van der Waals surface area contributed by atoms with Crippen LogP contribution in [0.25, 0.3) is 0 Å². The molecule has 0 N–H and O–H groups in total. The van der Waals surface area contributed by atoms with Gasteiger partial charge in [-0.15, -0.1) is 0 Å². The van der Waals surface area contributed by atoms with Gasteiger partial charge >= 0.3 is 0 Å². The zero-order valence-electron chi connectivity index (χ0n) is 22.0. The molecule has 0 amide bonds. The molecule has 188 valence electrons. The molecule has 2 atom stereocenters. The van der Waals surface area contributed by atoms with Crippen LogP contribution in [0.2, 0.25) is 18.1 Å². The van der Waals surface area contributed by atoms with Crippen molar-refractivity contribution in [1.82, 2.24) is 0 Å². The quantitative estimate of drug-likeness (QED) is 0.218. The van der Waals surface area contributed by atoms with Crippen molar-refractivity contribution >= 4 is 18.2 Å². The van der Waals surface area contributed by atoms with Crippen LogP contribution in [0.15, 0.2) is 46.9 Å². The van der Waals surface area contributed by atoms with Gasteiger partial charge in [0.15, 0.2) is 18.2 Å². The lowest BCUT2D eigenvalue weighted by Crippen LogP contribution is -2.41. The van der Waals surface area contributed by atoms with E-state index < -0.39 is 29.2 Å². The molecule has 0 spiro atoms. The van der Waals surface area contributed by atoms with Crippen molar-refractivity contribution in [3.63, 3.8) is 0 Å². The number of benzene rings is 1. The second-order valence-corrected chi connectivity index (χ2v) is 18.4. The highest BCUT2D eigenvalue weighted by Crippen LogP contribution is 2.52. The van der Waals surface area contributed by atoms with Gasteiger partial charge in [0.05, 0.1) is 22.9 Å². The number of hydrogen-bond acceptors (Lipinski definition) is 5. The molecule has 0 unspecified atom stereocenters. The fraction of sp³-hybridized carbons (Fsp3) is 0.692. The first-order chi connectivity index (χ1) is 15.1. The molecule has 1 aromatic rings. The minimum absolute atomic E-state index is 0.0762. The zero-order chi connectivity index (χ0) is 25.1. The molecule has 0 heterocycles. The Hall–Kier alpha value is -0.993. The first kappa shape index (κ1) is 28.2. The van der Waals surface area contributed by atoms with Gasteiger partial charge in [-0.25, -0.2) is 8.42 Å². The Morgan fingerprint density at radius 2 is 1.73 bits per heavy atom. The van der Waals surface area contributed by atoms with Crippen LogP contribution in [0.3, 0.4) is 0 Å². The van der Waals surface area contributed by atoms with Crippen LogP contribution >= 0.6 is 0 Å². The molecule has 1 aromatic carbocycles. The van der Waals surface area contributed by atoms with Crippen molar-refractivity contribution in [2.45, 2.75) is 83.0 Å². The normalized spacial score (nSPS) is 23.9. The molecule has 1 saturated carbocycles. The molecule has 0 aliphatic heterocycles. The summed E-state index contributed by atoms with van der Waals surface area (Å²) in [5.41, 5.74) is 0.165. The number of ether oxygens (including phenoxy) is 2. The third-order valence-corrected chi connectivity index (χ3v) is 14.1. The van der Waals surface area contributed by atoms with Gasteiger partial charge in [0.1, 0.15) is 6.79 Å². The van der Waals surface area contributed by atoms with Crippen molar-refractivity contribution in [3.8, 4) is 0 Å². The molecule has 0 saturated heterocycles. The number of sulfone groups is 1. The van der Waals surface area contributed by atoms with Crippen molar-refractivity contribution in [2.24, 2.45) is 11.3 Å². The lowest BCUT2D eigenvalue weighted by molar-refractivity contribution is -0.132.